The predicted molar refractivity (Wildman–Crippen MR) is 201 cm³/mol. The number of alkyl halides is 4. The molecule has 304 valence electrons. The molecule has 0 aliphatic heterocycles. The van der Waals surface area contributed by atoms with Gasteiger partial charge in [0.25, 0.3) is 0 Å². The van der Waals surface area contributed by atoms with E-state index in [1.807, 2.05) is 0 Å². The number of aliphatic hydroxyl groups excluding tert-OH is 2. The second kappa shape index (κ2) is 47.3. The van der Waals surface area contributed by atoms with Gasteiger partial charge in [-0.15, -0.1) is 46.4 Å². The van der Waals surface area contributed by atoms with Crippen molar-refractivity contribution in [3.05, 3.63) is 55.6 Å². The zero-order chi connectivity index (χ0) is 33.9. The summed E-state index contributed by atoms with van der Waals surface area (Å²) >= 11 is 19.1. The molecule has 0 fully saturated rings. The minimum Gasteiger partial charge on any atom is -1.00 e. The van der Waals surface area contributed by atoms with E-state index < -0.39 is 0 Å². The maximum atomic E-state index is 8.71. The van der Waals surface area contributed by atoms with E-state index in [0.29, 0.717) is 13.2 Å². The Hall–Kier alpha value is 2.19. The van der Waals surface area contributed by atoms with Crippen molar-refractivity contribution in [1.82, 2.24) is 0 Å². The maximum absolute atomic E-state index is 8.71. The van der Waals surface area contributed by atoms with E-state index in [9.17, 15) is 0 Å². The average Bonchev–Trinajstić information content (AvgIpc) is 3.30. The van der Waals surface area contributed by atoms with Gasteiger partial charge in [-0.1, -0.05) is 145 Å². The third kappa shape index (κ3) is 31.4. The molecule has 0 unspecified atom stereocenters. The molecule has 12 heteroatoms. The molecule has 0 aliphatic rings. The first-order valence-electron chi connectivity index (χ1n) is 16.9. The summed E-state index contributed by atoms with van der Waals surface area (Å²) in [5.74, 6) is 0. The summed E-state index contributed by atoms with van der Waals surface area (Å²) < 4.78 is 0. The second-order valence-corrected chi connectivity index (χ2v) is 13.7. The van der Waals surface area contributed by atoms with E-state index in [-0.39, 0.29) is 99.3 Å². The van der Waals surface area contributed by atoms with Crippen molar-refractivity contribution in [2.24, 2.45) is 0 Å². The van der Waals surface area contributed by atoms with Crippen molar-refractivity contribution in [2.75, 3.05) is 23.9 Å². The summed E-state index contributed by atoms with van der Waals surface area (Å²) in [6, 6.07) is 0. The molecule has 0 saturated heterocycles. The van der Waals surface area contributed by atoms with Gasteiger partial charge in [-0.05, 0) is 12.8 Å². The van der Waals surface area contributed by atoms with Crippen LogP contribution in [-0.2, 0) is 51.8 Å². The Morgan fingerprint density at radius 3 is 0.700 bits per heavy atom. The van der Waals surface area contributed by atoms with Crippen LogP contribution >= 0.6 is 46.4 Å². The zero-order valence-electron chi connectivity index (χ0n) is 31.7. The van der Waals surface area contributed by atoms with E-state index in [0.717, 1.165) is 12.8 Å². The molecule has 2 nitrogen and oxygen atoms in total. The Morgan fingerprint density at radius 2 is 0.520 bits per heavy atom. The van der Waals surface area contributed by atoms with E-state index in [1.54, 1.807) is 11.1 Å². The minimum atomic E-state index is 0. The topological polar surface area (TPSA) is 40.5 Å². The van der Waals surface area contributed by atoms with Crippen LogP contribution in [0.4, 0.5) is 0 Å². The predicted octanol–water partition coefficient (Wildman–Crippen LogP) is 0.663. The molecule has 0 spiro atoms. The fourth-order valence-corrected chi connectivity index (χ4v) is 5.94. The number of hydrogen-bond donors (Lipinski definition) is 2. The molecule has 0 aliphatic carbocycles. The summed E-state index contributed by atoms with van der Waals surface area (Å²) in [4.78, 5) is 0. The standard InChI is InChI=1S/2C18H31O.2CH2Cl2.4ClH.2Rh/c2*1-14-15(2)17(4)18(16(14)3)12-10-8-6-5-7-9-11-13-19;2*2-1-3;;;;;;/h2*19H,5-13H2,1-4H3;2*1H2;4*1H;;/q2*-1;;;;;;;2*+3/p-4. The molecule has 0 aromatic heterocycles. The first kappa shape index (κ1) is 70.0. The van der Waals surface area contributed by atoms with Crippen molar-refractivity contribution in [3.8, 4) is 0 Å². The van der Waals surface area contributed by atoms with Gasteiger partial charge in [-0.2, -0.15) is 55.6 Å². The van der Waals surface area contributed by atoms with Crippen LogP contribution in [0.25, 0.3) is 0 Å². The molecule has 0 amide bonds. The molecule has 2 rings (SSSR count). The smallest absolute Gasteiger partial charge is 1.00 e. The zero-order valence-corrected chi connectivity index (χ0v) is 41.1. The van der Waals surface area contributed by atoms with Crippen molar-refractivity contribution < 1.29 is 98.8 Å². The molecule has 0 saturated carbocycles. The van der Waals surface area contributed by atoms with Gasteiger partial charge in [-0.25, -0.2) is 0 Å². The first-order chi connectivity index (χ1) is 21.0. The van der Waals surface area contributed by atoms with Gasteiger partial charge in [-0.3, -0.25) is 0 Å². The third-order valence-corrected chi connectivity index (χ3v) is 9.36. The average molecular weight is 1040 g/mol. The number of aliphatic hydroxyl groups is 2. The number of rotatable bonds is 18. The molecular weight excluding hydrogens is 978 g/mol. The van der Waals surface area contributed by atoms with Crippen LogP contribution in [0.5, 0.6) is 0 Å². The summed E-state index contributed by atoms with van der Waals surface area (Å²) in [6.07, 6.45) is 20.1. The Morgan fingerprint density at radius 1 is 0.360 bits per heavy atom. The van der Waals surface area contributed by atoms with E-state index in [2.05, 4.69) is 55.4 Å². The largest absolute Gasteiger partial charge is 3.00 e. The van der Waals surface area contributed by atoms with E-state index in [4.69, 9.17) is 56.6 Å². The molecule has 0 radical (unpaired) electrons. The maximum Gasteiger partial charge on any atom is 3.00 e. The quantitative estimate of drug-likeness (QED) is 0.100. The van der Waals surface area contributed by atoms with Crippen LogP contribution in [0, 0.1) is 55.4 Å². The third-order valence-electron chi connectivity index (χ3n) is 9.36. The molecule has 2 N–H and O–H groups in total. The van der Waals surface area contributed by atoms with Gasteiger partial charge in [0.2, 0.25) is 0 Å². The second-order valence-electron chi connectivity index (χ2n) is 12.1. The van der Waals surface area contributed by atoms with E-state index in [1.165, 1.54) is 134 Å². The summed E-state index contributed by atoms with van der Waals surface area (Å²) in [6.45, 7) is 18.8. The summed E-state index contributed by atoms with van der Waals surface area (Å²) in [5, 5.41) is 17.8. The van der Waals surface area contributed by atoms with Crippen LogP contribution in [0.3, 0.4) is 0 Å². The summed E-state index contributed by atoms with van der Waals surface area (Å²) in [5.41, 5.74) is 15.3. The van der Waals surface area contributed by atoms with Gasteiger partial charge in [0, 0.05) is 13.2 Å². The number of halogens is 8. The van der Waals surface area contributed by atoms with Crippen molar-refractivity contribution in [3.63, 3.8) is 0 Å². The van der Waals surface area contributed by atoms with Crippen LogP contribution in [0.2, 0.25) is 0 Å². The van der Waals surface area contributed by atoms with Crippen molar-refractivity contribution in [1.29, 1.82) is 0 Å². The molecule has 0 bridgehead atoms. The van der Waals surface area contributed by atoms with Crippen molar-refractivity contribution >= 4 is 46.4 Å². The van der Waals surface area contributed by atoms with Gasteiger partial charge in [0.05, 0.1) is 10.7 Å². The van der Waals surface area contributed by atoms with Gasteiger partial charge >= 0.3 is 39.0 Å². The van der Waals surface area contributed by atoms with Crippen LogP contribution in [-0.4, -0.2) is 34.1 Å². The van der Waals surface area contributed by atoms with Gasteiger partial charge < -0.3 is 59.8 Å². The minimum absolute atomic E-state index is 0. The first-order valence-corrected chi connectivity index (χ1v) is 19.0. The molecule has 2 aromatic carbocycles. The Kier molecular flexibility index (Phi) is 66.3. The number of unbranched alkanes of at least 4 members (excludes halogenated alkanes) is 12. The van der Waals surface area contributed by atoms with Gasteiger partial charge in [0.15, 0.2) is 0 Å². The van der Waals surface area contributed by atoms with E-state index >= 15 is 0 Å². The number of hydrogen-bond acceptors (Lipinski definition) is 2. The molecule has 2 aromatic rings. The summed E-state index contributed by atoms with van der Waals surface area (Å²) in [7, 11) is 0. The van der Waals surface area contributed by atoms with Crippen LogP contribution in [0.15, 0.2) is 0 Å². The molecule has 50 heavy (non-hydrogen) atoms. The Labute approximate surface area is 379 Å². The Bertz CT molecular complexity index is 842. The van der Waals surface area contributed by atoms with Crippen molar-refractivity contribution in [2.45, 2.75) is 158 Å². The molecule has 0 atom stereocenters. The normalized spacial score (nSPS) is 9.24. The van der Waals surface area contributed by atoms with Crippen LogP contribution in [0.1, 0.15) is 146 Å². The Balaban J connectivity index is -0.0000000918. The van der Waals surface area contributed by atoms with Crippen LogP contribution < -0.4 is 49.6 Å². The molecular formula is C38H66Cl8O2Rh2. The monoisotopic (exact) mass is 1040 g/mol. The SMILES string of the molecule is Cc1c(C)c(C)[c-](CCCCCCCCCO)c1C.Cc1c(C)c(C)[c-](CCCCCCCCCO)c1C.ClCCl.ClCCl.[Cl-].[Cl-].[Cl-].[Cl-].[Rh+3].[Rh+3]. The molecule has 0 heterocycles. The van der Waals surface area contributed by atoms with Gasteiger partial charge in [0.1, 0.15) is 0 Å². The fraction of sp³-hybridized carbons (Fsp3) is 0.737. The fourth-order valence-electron chi connectivity index (χ4n) is 5.94.